The average Bonchev–Trinajstić information content (AvgIpc) is 3.17. The summed E-state index contributed by atoms with van der Waals surface area (Å²) in [5.74, 6) is 0.576. The molecule has 0 bridgehead atoms. The summed E-state index contributed by atoms with van der Waals surface area (Å²) < 4.78 is 0. The maximum atomic E-state index is 3.97. The maximum absolute atomic E-state index is 3.97. The van der Waals surface area contributed by atoms with E-state index in [0.717, 1.165) is 0 Å². The van der Waals surface area contributed by atoms with Crippen LogP contribution in [0, 0.1) is 5.92 Å². The molecular formula is C17H16. The molecule has 1 fully saturated rings. The van der Waals surface area contributed by atoms with Gasteiger partial charge in [-0.05, 0) is 23.5 Å². The van der Waals surface area contributed by atoms with E-state index in [4.69, 9.17) is 0 Å². The van der Waals surface area contributed by atoms with Crippen LogP contribution in [-0.2, 0) is 5.41 Å². The molecule has 2 aromatic rings. The van der Waals surface area contributed by atoms with Crippen LogP contribution in [-0.4, -0.2) is 0 Å². The monoisotopic (exact) mass is 220 g/mol. The van der Waals surface area contributed by atoms with Gasteiger partial charge < -0.3 is 0 Å². The van der Waals surface area contributed by atoms with Crippen molar-refractivity contribution in [3.05, 3.63) is 84.4 Å². The van der Waals surface area contributed by atoms with E-state index in [1.807, 2.05) is 0 Å². The first-order valence-electron chi connectivity index (χ1n) is 6.11. The zero-order valence-electron chi connectivity index (χ0n) is 9.84. The molecule has 2 aromatic carbocycles. The molecule has 84 valence electrons. The Morgan fingerprint density at radius 3 is 1.71 bits per heavy atom. The third kappa shape index (κ3) is 1.52. The molecule has 0 radical (unpaired) electrons. The van der Waals surface area contributed by atoms with E-state index in [2.05, 4.69) is 73.3 Å². The van der Waals surface area contributed by atoms with E-state index in [-0.39, 0.29) is 5.41 Å². The molecule has 0 saturated heterocycles. The molecule has 1 saturated carbocycles. The molecule has 0 aromatic heterocycles. The molecule has 1 atom stereocenters. The smallest absolute Gasteiger partial charge is 0.0271 e. The Labute approximate surface area is 103 Å². The topological polar surface area (TPSA) is 0 Å². The number of hydrogen-bond acceptors (Lipinski definition) is 0. The predicted octanol–water partition coefficient (Wildman–Crippen LogP) is 4.18. The Balaban J connectivity index is 2.11. The molecule has 0 heterocycles. The summed E-state index contributed by atoms with van der Waals surface area (Å²) in [4.78, 5) is 0. The molecule has 0 spiro atoms. The molecule has 0 heteroatoms. The summed E-state index contributed by atoms with van der Waals surface area (Å²) in [6, 6.07) is 21.6. The van der Waals surface area contributed by atoms with Crippen LogP contribution in [0.25, 0.3) is 0 Å². The van der Waals surface area contributed by atoms with Crippen molar-refractivity contribution < 1.29 is 0 Å². The van der Waals surface area contributed by atoms with Crippen LogP contribution in [0.2, 0.25) is 0 Å². The zero-order valence-corrected chi connectivity index (χ0v) is 9.84. The lowest BCUT2D eigenvalue weighted by molar-refractivity contribution is 0.791. The fourth-order valence-corrected chi connectivity index (χ4v) is 2.87. The van der Waals surface area contributed by atoms with Gasteiger partial charge in [-0.1, -0.05) is 66.7 Å². The van der Waals surface area contributed by atoms with Gasteiger partial charge in [0.1, 0.15) is 0 Å². The lowest BCUT2D eigenvalue weighted by atomic mass is 9.86. The summed E-state index contributed by atoms with van der Waals surface area (Å²) in [7, 11) is 0. The Morgan fingerprint density at radius 1 is 0.882 bits per heavy atom. The first-order valence-corrected chi connectivity index (χ1v) is 6.11. The van der Waals surface area contributed by atoms with E-state index in [1.54, 1.807) is 0 Å². The molecule has 1 aliphatic carbocycles. The van der Waals surface area contributed by atoms with Crippen molar-refractivity contribution in [3.8, 4) is 0 Å². The molecule has 1 aliphatic rings. The van der Waals surface area contributed by atoms with E-state index >= 15 is 0 Å². The quantitative estimate of drug-likeness (QED) is 0.681. The minimum atomic E-state index is 0.185. The van der Waals surface area contributed by atoms with E-state index in [1.165, 1.54) is 17.5 Å². The molecular weight excluding hydrogens is 204 g/mol. The third-order valence-electron chi connectivity index (χ3n) is 3.88. The molecule has 0 amide bonds. The third-order valence-corrected chi connectivity index (χ3v) is 3.88. The van der Waals surface area contributed by atoms with E-state index < -0.39 is 0 Å². The molecule has 0 unspecified atom stereocenters. The van der Waals surface area contributed by atoms with Gasteiger partial charge >= 0.3 is 0 Å². The first kappa shape index (κ1) is 10.3. The second-order valence-corrected chi connectivity index (χ2v) is 4.75. The minimum absolute atomic E-state index is 0.185. The highest BCUT2D eigenvalue weighted by Crippen LogP contribution is 2.59. The van der Waals surface area contributed by atoms with Crippen LogP contribution >= 0.6 is 0 Å². The van der Waals surface area contributed by atoms with Crippen LogP contribution in [0.4, 0.5) is 0 Å². The first-order chi connectivity index (χ1) is 8.38. The minimum Gasteiger partial charge on any atom is -0.103 e. The number of benzene rings is 2. The fraction of sp³-hybridized carbons (Fsp3) is 0.176. The van der Waals surface area contributed by atoms with Crippen LogP contribution in [0.5, 0.6) is 0 Å². The summed E-state index contributed by atoms with van der Waals surface area (Å²) in [5, 5.41) is 0. The Morgan fingerprint density at radius 2 is 1.35 bits per heavy atom. The van der Waals surface area contributed by atoms with Crippen molar-refractivity contribution >= 4 is 0 Å². The Kier molecular flexibility index (Phi) is 2.36. The van der Waals surface area contributed by atoms with Gasteiger partial charge in [-0.2, -0.15) is 0 Å². The van der Waals surface area contributed by atoms with E-state index in [9.17, 15) is 0 Å². The second-order valence-electron chi connectivity index (χ2n) is 4.75. The van der Waals surface area contributed by atoms with Crippen molar-refractivity contribution in [2.24, 2.45) is 5.92 Å². The van der Waals surface area contributed by atoms with Gasteiger partial charge in [0.25, 0.3) is 0 Å². The predicted molar refractivity (Wildman–Crippen MR) is 72.0 cm³/mol. The van der Waals surface area contributed by atoms with Crippen LogP contribution < -0.4 is 0 Å². The van der Waals surface area contributed by atoms with E-state index in [0.29, 0.717) is 5.92 Å². The van der Waals surface area contributed by atoms with Gasteiger partial charge in [-0.25, -0.2) is 0 Å². The van der Waals surface area contributed by atoms with Crippen LogP contribution in [0.3, 0.4) is 0 Å². The van der Waals surface area contributed by atoms with Crippen molar-refractivity contribution in [1.82, 2.24) is 0 Å². The average molecular weight is 220 g/mol. The van der Waals surface area contributed by atoms with Crippen LogP contribution in [0.15, 0.2) is 73.3 Å². The SMILES string of the molecule is C=C[C@@H]1CC1(c1ccccc1)c1ccccc1. The van der Waals surface area contributed by atoms with Gasteiger partial charge in [0.05, 0.1) is 0 Å². The Hall–Kier alpha value is -1.82. The van der Waals surface area contributed by atoms with Crippen molar-refractivity contribution in [2.45, 2.75) is 11.8 Å². The lowest BCUT2D eigenvalue weighted by Crippen LogP contribution is -2.11. The molecule has 17 heavy (non-hydrogen) atoms. The summed E-state index contributed by atoms with van der Waals surface area (Å²) in [5.41, 5.74) is 3.01. The standard InChI is InChI=1S/C17H16/c1-2-14-13-17(14,15-9-5-3-6-10-15)16-11-7-4-8-12-16/h2-12,14H,1,13H2/t14-/m1/s1. The van der Waals surface area contributed by atoms with Gasteiger partial charge in [0.2, 0.25) is 0 Å². The normalized spacial score (nSPS) is 20.8. The molecule has 0 aliphatic heterocycles. The number of rotatable bonds is 3. The number of allylic oxidation sites excluding steroid dienone is 1. The highest BCUT2D eigenvalue weighted by Gasteiger charge is 2.54. The Bertz CT molecular complexity index is 471. The van der Waals surface area contributed by atoms with Gasteiger partial charge in [-0.3, -0.25) is 0 Å². The van der Waals surface area contributed by atoms with Crippen molar-refractivity contribution in [3.63, 3.8) is 0 Å². The van der Waals surface area contributed by atoms with Crippen molar-refractivity contribution in [2.75, 3.05) is 0 Å². The maximum Gasteiger partial charge on any atom is 0.0271 e. The second kappa shape index (κ2) is 3.89. The highest BCUT2D eigenvalue weighted by atomic mass is 14.6. The van der Waals surface area contributed by atoms with Gasteiger partial charge in [-0.15, -0.1) is 6.58 Å². The van der Waals surface area contributed by atoms with Crippen LogP contribution in [0.1, 0.15) is 17.5 Å². The molecule has 0 nitrogen and oxygen atoms in total. The fourth-order valence-electron chi connectivity index (χ4n) is 2.87. The highest BCUT2D eigenvalue weighted by molar-refractivity contribution is 5.48. The number of hydrogen-bond donors (Lipinski definition) is 0. The van der Waals surface area contributed by atoms with Gasteiger partial charge in [0, 0.05) is 5.41 Å². The lowest BCUT2D eigenvalue weighted by Gasteiger charge is -2.18. The largest absolute Gasteiger partial charge is 0.103 e. The zero-order chi connectivity index (χ0) is 11.7. The van der Waals surface area contributed by atoms with Crippen molar-refractivity contribution in [1.29, 1.82) is 0 Å². The summed E-state index contributed by atoms with van der Waals surface area (Å²) in [6.45, 7) is 3.97. The summed E-state index contributed by atoms with van der Waals surface area (Å²) >= 11 is 0. The molecule has 0 N–H and O–H groups in total. The van der Waals surface area contributed by atoms with Gasteiger partial charge in [0.15, 0.2) is 0 Å². The molecule has 3 rings (SSSR count). The summed E-state index contributed by atoms with van der Waals surface area (Å²) in [6.07, 6.45) is 3.28.